The Hall–Kier alpha value is -2.54. The summed E-state index contributed by atoms with van der Waals surface area (Å²) >= 11 is 0. The first-order valence-electron chi connectivity index (χ1n) is 10.3. The molecule has 0 saturated carbocycles. The van der Waals surface area contributed by atoms with Crippen LogP contribution in [-0.2, 0) is 18.2 Å². The highest BCUT2D eigenvalue weighted by Crippen LogP contribution is 2.21. The van der Waals surface area contributed by atoms with Crippen LogP contribution in [-0.4, -0.2) is 60.5 Å². The SMILES string of the molecule is CN=C(NCCc1ccc(OCC(C)C)cc1)N1CCOC(c2cnn(C)c2)C1. The average Bonchev–Trinajstić information content (AvgIpc) is 3.17. The van der Waals surface area contributed by atoms with Gasteiger partial charge >= 0.3 is 0 Å². The van der Waals surface area contributed by atoms with Crippen molar-refractivity contribution in [2.75, 3.05) is 39.9 Å². The zero-order valence-corrected chi connectivity index (χ0v) is 18.0. The van der Waals surface area contributed by atoms with Crippen LogP contribution in [0.25, 0.3) is 0 Å². The van der Waals surface area contributed by atoms with E-state index in [0.29, 0.717) is 12.5 Å². The molecule has 0 bridgehead atoms. The third-order valence-electron chi connectivity index (χ3n) is 4.88. The van der Waals surface area contributed by atoms with Crippen molar-refractivity contribution in [1.29, 1.82) is 0 Å². The van der Waals surface area contributed by atoms with E-state index in [9.17, 15) is 0 Å². The molecule has 1 N–H and O–H groups in total. The normalized spacial score (nSPS) is 17.6. The average molecular weight is 400 g/mol. The Morgan fingerprint density at radius 1 is 1.34 bits per heavy atom. The molecule has 1 atom stereocenters. The summed E-state index contributed by atoms with van der Waals surface area (Å²) in [6.07, 6.45) is 4.84. The third-order valence-corrected chi connectivity index (χ3v) is 4.88. The van der Waals surface area contributed by atoms with Gasteiger partial charge in [-0.25, -0.2) is 0 Å². The Kier molecular flexibility index (Phi) is 7.52. The second-order valence-electron chi connectivity index (χ2n) is 7.83. The Labute approximate surface area is 173 Å². The summed E-state index contributed by atoms with van der Waals surface area (Å²) in [6, 6.07) is 8.36. The number of hydrogen-bond donors (Lipinski definition) is 1. The molecule has 2 heterocycles. The number of aromatic nitrogens is 2. The first-order valence-corrected chi connectivity index (χ1v) is 10.3. The highest BCUT2D eigenvalue weighted by atomic mass is 16.5. The van der Waals surface area contributed by atoms with Gasteiger partial charge in [-0.3, -0.25) is 9.67 Å². The number of rotatable bonds is 7. The second kappa shape index (κ2) is 10.3. The molecule has 1 aliphatic rings. The lowest BCUT2D eigenvalue weighted by Gasteiger charge is -2.34. The molecular weight excluding hydrogens is 366 g/mol. The van der Waals surface area contributed by atoms with E-state index in [4.69, 9.17) is 9.47 Å². The Morgan fingerprint density at radius 3 is 2.79 bits per heavy atom. The van der Waals surface area contributed by atoms with E-state index in [1.165, 1.54) is 5.56 Å². The van der Waals surface area contributed by atoms with E-state index >= 15 is 0 Å². The van der Waals surface area contributed by atoms with Crippen LogP contribution in [0, 0.1) is 5.92 Å². The quantitative estimate of drug-likeness (QED) is 0.573. The third kappa shape index (κ3) is 6.22. The summed E-state index contributed by atoms with van der Waals surface area (Å²) in [5, 5.41) is 7.74. The molecule has 2 aromatic rings. The summed E-state index contributed by atoms with van der Waals surface area (Å²) in [4.78, 5) is 6.72. The summed E-state index contributed by atoms with van der Waals surface area (Å²) < 4.78 is 13.5. The maximum Gasteiger partial charge on any atom is 0.193 e. The van der Waals surface area contributed by atoms with Gasteiger partial charge in [0.15, 0.2) is 5.96 Å². The van der Waals surface area contributed by atoms with Crippen molar-refractivity contribution in [2.24, 2.45) is 18.0 Å². The van der Waals surface area contributed by atoms with Gasteiger partial charge in [0.25, 0.3) is 0 Å². The molecule has 0 amide bonds. The van der Waals surface area contributed by atoms with Gasteiger partial charge < -0.3 is 19.7 Å². The predicted octanol–water partition coefficient (Wildman–Crippen LogP) is 2.65. The van der Waals surface area contributed by atoms with E-state index in [1.54, 1.807) is 0 Å². The van der Waals surface area contributed by atoms with Crippen LogP contribution in [0.2, 0.25) is 0 Å². The molecule has 1 aliphatic heterocycles. The van der Waals surface area contributed by atoms with Crippen molar-refractivity contribution in [3.8, 4) is 5.75 Å². The van der Waals surface area contributed by atoms with Gasteiger partial charge in [-0.1, -0.05) is 26.0 Å². The van der Waals surface area contributed by atoms with Crippen molar-refractivity contribution in [3.63, 3.8) is 0 Å². The van der Waals surface area contributed by atoms with Crippen molar-refractivity contribution in [2.45, 2.75) is 26.4 Å². The summed E-state index contributed by atoms with van der Waals surface area (Å²) in [5.74, 6) is 2.38. The Bertz CT molecular complexity index is 785. The van der Waals surface area contributed by atoms with Crippen LogP contribution in [0.1, 0.15) is 31.1 Å². The largest absolute Gasteiger partial charge is 0.493 e. The minimum absolute atomic E-state index is 0.0226. The van der Waals surface area contributed by atoms with Gasteiger partial charge in [0, 0.05) is 38.9 Å². The maximum absolute atomic E-state index is 5.93. The van der Waals surface area contributed by atoms with Gasteiger partial charge in [0.2, 0.25) is 0 Å². The van der Waals surface area contributed by atoms with Crippen LogP contribution in [0.15, 0.2) is 41.7 Å². The van der Waals surface area contributed by atoms with E-state index in [0.717, 1.165) is 49.9 Å². The minimum atomic E-state index is 0.0226. The predicted molar refractivity (Wildman–Crippen MR) is 115 cm³/mol. The van der Waals surface area contributed by atoms with Crippen molar-refractivity contribution < 1.29 is 9.47 Å². The molecule has 3 rings (SSSR count). The zero-order chi connectivity index (χ0) is 20.6. The first kappa shape index (κ1) is 21.2. The van der Waals surface area contributed by atoms with E-state index in [-0.39, 0.29) is 6.10 Å². The van der Waals surface area contributed by atoms with Crippen molar-refractivity contribution >= 4 is 5.96 Å². The molecule has 1 unspecified atom stereocenters. The fourth-order valence-electron chi connectivity index (χ4n) is 3.32. The number of aliphatic imine (C=N–C) groups is 1. The molecule has 1 aromatic heterocycles. The number of morpholine rings is 1. The van der Waals surface area contributed by atoms with E-state index in [2.05, 4.69) is 46.3 Å². The minimum Gasteiger partial charge on any atom is -0.493 e. The van der Waals surface area contributed by atoms with Crippen LogP contribution in [0.3, 0.4) is 0 Å². The number of aryl methyl sites for hydroxylation is 1. The highest BCUT2D eigenvalue weighted by molar-refractivity contribution is 5.80. The molecule has 1 fully saturated rings. The van der Waals surface area contributed by atoms with Gasteiger partial charge in [-0.05, 0) is 30.0 Å². The number of nitrogens with one attached hydrogen (secondary N) is 1. The van der Waals surface area contributed by atoms with Crippen LogP contribution >= 0.6 is 0 Å². The summed E-state index contributed by atoms with van der Waals surface area (Å²) in [6.45, 7) is 8.16. The molecular formula is C22H33N5O2. The highest BCUT2D eigenvalue weighted by Gasteiger charge is 2.25. The van der Waals surface area contributed by atoms with E-state index in [1.807, 2.05) is 43.3 Å². The summed E-state index contributed by atoms with van der Waals surface area (Å²) in [7, 11) is 3.76. The number of ether oxygens (including phenoxy) is 2. The number of hydrogen-bond acceptors (Lipinski definition) is 4. The molecule has 158 valence electrons. The maximum atomic E-state index is 5.93. The van der Waals surface area contributed by atoms with Crippen LogP contribution in [0.4, 0.5) is 0 Å². The molecule has 29 heavy (non-hydrogen) atoms. The first-order chi connectivity index (χ1) is 14.0. The standard InChI is InChI=1S/C22H33N5O2/c1-17(2)16-29-20-7-5-18(6-8-20)9-10-24-22(23-3)27-11-12-28-21(15-27)19-13-25-26(4)14-19/h5-8,13-14,17,21H,9-12,15-16H2,1-4H3,(H,23,24). The number of guanidine groups is 1. The van der Waals surface area contributed by atoms with Crippen LogP contribution < -0.4 is 10.1 Å². The lowest BCUT2D eigenvalue weighted by atomic mass is 10.1. The molecule has 0 spiro atoms. The lowest BCUT2D eigenvalue weighted by Crippen LogP contribution is -2.48. The van der Waals surface area contributed by atoms with Crippen molar-refractivity contribution in [1.82, 2.24) is 20.0 Å². The summed E-state index contributed by atoms with van der Waals surface area (Å²) in [5.41, 5.74) is 2.38. The smallest absolute Gasteiger partial charge is 0.193 e. The Morgan fingerprint density at radius 2 is 2.14 bits per heavy atom. The monoisotopic (exact) mass is 399 g/mol. The molecule has 7 nitrogen and oxygen atoms in total. The number of nitrogens with zero attached hydrogens (tertiary/aromatic N) is 4. The van der Waals surface area contributed by atoms with E-state index < -0.39 is 0 Å². The molecule has 1 saturated heterocycles. The Balaban J connectivity index is 1.47. The number of benzene rings is 1. The van der Waals surface area contributed by atoms with Gasteiger partial charge in [0.05, 0.1) is 26.0 Å². The van der Waals surface area contributed by atoms with Crippen molar-refractivity contribution in [3.05, 3.63) is 47.8 Å². The van der Waals surface area contributed by atoms with Gasteiger partial charge in [0.1, 0.15) is 11.9 Å². The molecule has 0 radical (unpaired) electrons. The second-order valence-corrected chi connectivity index (χ2v) is 7.83. The molecule has 1 aromatic carbocycles. The zero-order valence-electron chi connectivity index (χ0n) is 18.0. The molecule has 7 heteroatoms. The topological polar surface area (TPSA) is 63.9 Å². The fraction of sp³-hybridized carbons (Fsp3) is 0.545. The van der Waals surface area contributed by atoms with Crippen LogP contribution in [0.5, 0.6) is 5.75 Å². The van der Waals surface area contributed by atoms with Gasteiger partial charge in [-0.15, -0.1) is 0 Å². The van der Waals surface area contributed by atoms with Gasteiger partial charge in [-0.2, -0.15) is 5.10 Å². The lowest BCUT2D eigenvalue weighted by molar-refractivity contribution is -0.00800. The molecule has 0 aliphatic carbocycles. The fourth-order valence-corrected chi connectivity index (χ4v) is 3.32.